The van der Waals surface area contributed by atoms with Crippen molar-refractivity contribution in [1.29, 1.82) is 0 Å². The lowest BCUT2D eigenvalue weighted by Crippen LogP contribution is -2.10. The summed E-state index contributed by atoms with van der Waals surface area (Å²) in [4.78, 5) is 18.1. The van der Waals surface area contributed by atoms with E-state index in [1.54, 1.807) is 6.92 Å². The van der Waals surface area contributed by atoms with E-state index in [4.69, 9.17) is 11.6 Å². The minimum absolute atomic E-state index is 0.0273. The minimum Gasteiger partial charge on any atom is -0.364 e. The third kappa shape index (κ3) is 2.63. The van der Waals surface area contributed by atoms with Gasteiger partial charge < -0.3 is 5.32 Å². The van der Waals surface area contributed by atoms with Crippen molar-refractivity contribution in [3.05, 3.63) is 21.1 Å². The zero-order valence-corrected chi connectivity index (χ0v) is 10.4. The van der Waals surface area contributed by atoms with Crippen LogP contribution in [-0.4, -0.2) is 21.4 Å². The molecule has 92 valence electrons. The quantitative estimate of drug-likeness (QED) is 0.508. The van der Waals surface area contributed by atoms with Crippen molar-refractivity contribution >= 4 is 23.1 Å². The predicted molar refractivity (Wildman–Crippen MR) is 64.2 cm³/mol. The lowest BCUT2D eigenvalue weighted by atomic mass is 10.3. The van der Waals surface area contributed by atoms with Crippen molar-refractivity contribution < 1.29 is 4.92 Å². The summed E-state index contributed by atoms with van der Waals surface area (Å²) in [5, 5.41) is 13.9. The van der Waals surface area contributed by atoms with Crippen LogP contribution < -0.4 is 5.32 Å². The molecule has 0 spiro atoms. The van der Waals surface area contributed by atoms with Gasteiger partial charge in [-0.25, -0.2) is 4.98 Å². The Bertz CT molecular complexity index is 466. The summed E-state index contributed by atoms with van der Waals surface area (Å²) < 4.78 is 0. The molecule has 17 heavy (non-hydrogen) atoms. The number of halogens is 1. The zero-order valence-electron chi connectivity index (χ0n) is 9.61. The number of hydrogen-bond donors (Lipinski definition) is 1. The Hall–Kier alpha value is -1.43. The van der Waals surface area contributed by atoms with Crippen LogP contribution in [0.3, 0.4) is 0 Å². The lowest BCUT2D eigenvalue weighted by molar-refractivity contribution is -0.385. The molecule has 2 unspecified atom stereocenters. The van der Waals surface area contributed by atoms with E-state index in [1.807, 2.05) is 0 Å². The van der Waals surface area contributed by atoms with Gasteiger partial charge in [0.05, 0.1) is 4.92 Å². The number of aryl methyl sites for hydroxylation is 1. The van der Waals surface area contributed by atoms with Gasteiger partial charge in [0, 0.05) is 6.54 Å². The largest absolute Gasteiger partial charge is 0.364 e. The first kappa shape index (κ1) is 12.0. The Morgan fingerprint density at radius 1 is 1.59 bits per heavy atom. The molecule has 2 atom stereocenters. The highest BCUT2D eigenvalue weighted by Crippen LogP contribution is 2.38. The molecule has 1 aliphatic carbocycles. The number of rotatable bonds is 4. The van der Waals surface area contributed by atoms with Gasteiger partial charge in [-0.1, -0.05) is 6.92 Å². The van der Waals surface area contributed by atoms with Crippen molar-refractivity contribution in [2.75, 3.05) is 11.9 Å². The Morgan fingerprint density at radius 2 is 2.24 bits per heavy atom. The highest BCUT2D eigenvalue weighted by atomic mass is 35.5. The Balaban J connectivity index is 2.21. The highest BCUT2D eigenvalue weighted by molar-refractivity contribution is 6.28. The molecule has 0 radical (unpaired) electrons. The smallest absolute Gasteiger partial charge is 0.332 e. The molecule has 1 saturated carbocycles. The second-order valence-electron chi connectivity index (χ2n) is 4.39. The van der Waals surface area contributed by atoms with Gasteiger partial charge in [-0.15, -0.1) is 0 Å². The van der Waals surface area contributed by atoms with Gasteiger partial charge in [-0.05, 0) is 36.8 Å². The number of nitro groups is 1. The summed E-state index contributed by atoms with van der Waals surface area (Å²) in [6.45, 7) is 4.39. The SMILES string of the molecule is Cc1nc(Cl)nc(NCC2CC2C)c1[N+](=O)[O-]. The molecule has 1 aromatic rings. The molecule has 2 rings (SSSR count). The van der Waals surface area contributed by atoms with E-state index in [-0.39, 0.29) is 22.5 Å². The van der Waals surface area contributed by atoms with E-state index >= 15 is 0 Å². The molecule has 1 aromatic heterocycles. The fourth-order valence-corrected chi connectivity index (χ4v) is 2.00. The van der Waals surface area contributed by atoms with Crippen LogP contribution in [0.1, 0.15) is 19.0 Å². The van der Waals surface area contributed by atoms with Gasteiger partial charge >= 0.3 is 5.69 Å². The summed E-state index contributed by atoms with van der Waals surface area (Å²) in [5.41, 5.74) is 0.184. The average Bonchev–Trinajstić information content (AvgIpc) is 2.89. The van der Waals surface area contributed by atoms with Crippen LogP contribution in [0.2, 0.25) is 5.28 Å². The van der Waals surface area contributed by atoms with Crippen molar-refractivity contribution in [1.82, 2.24) is 9.97 Å². The Labute approximate surface area is 104 Å². The van der Waals surface area contributed by atoms with Crippen molar-refractivity contribution in [2.24, 2.45) is 11.8 Å². The molecule has 0 aliphatic heterocycles. The maximum absolute atomic E-state index is 10.9. The summed E-state index contributed by atoms with van der Waals surface area (Å²) in [5.74, 6) is 1.47. The summed E-state index contributed by atoms with van der Waals surface area (Å²) in [6.07, 6.45) is 1.15. The third-order valence-electron chi connectivity index (χ3n) is 3.02. The number of nitrogens with one attached hydrogen (secondary N) is 1. The van der Waals surface area contributed by atoms with E-state index in [0.29, 0.717) is 18.4 Å². The maximum Gasteiger partial charge on any atom is 0.332 e. The normalized spacial score (nSPS) is 22.3. The number of nitrogens with zero attached hydrogens (tertiary/aromatic N) is 3. The van der Waals surface area contributed by atoms with E-state index in [2.05, 4.69) is 22.2 Å². The van der Waals surface area contributed by atoms with Crippen LogP contribution in [-0.2, 0) is 0 Å². The van der Waals surface area contributed by atoms with E-state index in [0.717, 1.165) is 6.42 Å². The van der Waals surface area contributed by atoms with Crippen LogP contribution in [0.5, 0.6) is 0 Å². The Kier molecular flexibility index (Phi) is 3.15. The summed E-state index contributed by atoms with van der Waals surface area (Å²) >= 11 is 5.70. The third-order valence-corrected chi connectivity index (χ3v) is 3.19. The molecule has 1 heterocycles. The Morgan fingerprint density at radius 3 is 2.76 bits per heavy atom. The maximum atomic E-state index is 10.9. The van der Waals surface area contributed by atoms with Gasteiger partial charge in [0.2, 0.25) is 11.1 Å². The first-order valence-electron chi connectivity index (χ1n) is 5.41. The van der Waals surface area contributed by atoms with Crippen LogP contribution in [0.25, 0.3) is 0 Å². The molecule has 1 aliphatic rings. The second kappa shape index (κ2) is 4.44. The van der Waals surface area contributed by atoms with Crippen LogP contribution >= 0.6 is 11.6 Å². The first-order valence-corrected chi connectivity index (χ1v) is 5.79. The van der Waals surface area contributed by atoms with Crippen molar-refractivity contribution in [3.63, 3.8) is 0 Å². The number of anilines is 1. The van der Waals surface area contributed by atoms with Crippen LogP contribution in [0.4, 0.5) is 11.5 Å². The number of aromatic nitrogens is 2. The van der Waals surface area contributed by atoms with Gasteiger partial charge in [0.25, 0.3) is 0 Å². The predicted octanol–water partition coefficient (Wildman–Crippen LogP) is 2.41. The highest BCUT2D eigenvalue weighted by Gasteiger charge is 2.33. The minimum atomic E-state index is -0.482. The molecule has 0 saturated heterocycles. The topological polar surface area (TPSA) is 81.0 Å². The molecule has 0 amide bonds. The summed E-state index contributed by atoms with van der Waals surface area (Å²) in [6, 6.07) is 0. The molecule has 1 fully saturated rings. The zero-order chi connectivity index (χ0) is 12.6. The fraction of sp³-hybridized carbons (Fsp3) is 0.600. The molecular weight excluding hydrogens is 244 g/mol. The lowest BCUT2D eigenvalue weighted by Gasteiger charge is -2.07. The van der Waals surface area contributed by atoms with Crippen LogP contribution in [0, 0.1) is 28.9 Å². The molecule has 0 aromatic carbocycles. The van der Waals surface area contributed by atoms with E-state index in [9.17, 15) is 10.1 Å². The molecule has 6 nitrogen and oxygen atoms in total. The van der Waals surface area contributed by atoms with E-state index < -0.39 is 4.92 Å². The first-order chi connectivity index (χ1) is 7.99. The van der Waals surface area contributed by atoms with Gasteiger partial charge in [-0.3, -0.25) is 10.1 Å². The monoisotopic (exact) mass is 256 g/mol. The van der Waals surface area contributed by atoms with Gasteiger partial charge in [0.1, 0.15) is 5.69 Å². The van der Waals surface area contributed by atoms with Crippen LogP contribution in [0.15, 0.2) is 0 Å². The molecule has 0 bridgehead atoms. The summed E-state index contributed by atoms with van der Waals surface area (Å²) in [7, 11) is 0. The molecular formula is C10H13ClN4O2. The standard InChI is InChI=1S/C10H13ClN4O2/c1-5-3-7(5)4-12-9-8(15(16)17)6(2)13-10(11)14-9/h5,7H,3-4H2,1-2H3,(H,12,13,14). The van der Waals surface area contributed by atoms with Gasteiger partial charge in [-0.2, -0.15) is 4.98 Å². The van der Waals surface area contributed by atoms with Crippen molar-refractivity contribution in [3.8, 4) is 0 Å². The van der Waals surface area contributed by atoms with Crippen molar-refractivity contribution in [2.45, 2.75) is 20.3 Å². The molecule has 7 heteroatoms. The fourth-order valence-electron chi connectivity index (χ4n) is 1.79. The average molecular weight is 257 g/mol. The van der Waals surface area contributed by atoms with Gasteiger partial charge in [0.15, 0.2) is 0 Å². The van der Waals surface area contributed by atoms with E-state index in [1.165, 1.54) is 0 Å². The number of hydrogen-bond acceptors (Lipinski definition) is 5. The second-order valence-corrected chi connectivity index (χ2v) is 4.72. The molecule has 1 N–H and O–H groups in total.